The zero-order valence-corrected chi connectivity index (χ0v) is 21.1. The van der Waals surface area contributed by atoms with Gasteiger partial charge in [0.25, 0.3) is 5.91 Å². The fraction of sp³-hybridized carbons (Fsp3) is 0.261. The van der Waals surface area contributed by atoms with Crippen molar-refractivity contribution >= 4 is 39.2 Å². The number of rotatable bonds is 9. The molecule has 0 spiro atoms. The number of aromatic carboxylic acids is 1. The van der Waals surface area contributed by atoms with Gasteiger partial charge in [0.1, 0.15) is 10.6 Å². The number of benzene rings is 2. The van der Waals surface area contributed by atoms with Crippen molar-refractivity contribution in [2.45, 2.75) is 45.2 Å². The third kappa shape index (κ3) is 5.81. The summed E-state index contributed by atoms with van der Waals surface area (Å²) in [5, 5.41) is 16.3. The normalized spacial score (nSPS) is 11.5. The predicted molar refractivity (Wildman–Crippen MR) is 131 cm³/mol. The molecule has 12 heteroatoms. The van der Waals surface area contributed by atoms with E-state index in [4.69, 9.17) is 16.3 Å². The molecular formula is C23H25ClN4O6S. The minimum Gasteiger partial charge on any atom is -0.476 e. The van der Waals surface area contributed by atoms with Crippen LogP contribution in [-0.2, 0) is 16.6 Å². The number of carboxylic acids is 1. The molecule has 1 heterocycles. The Labute approximate surface area is 207 Å². The Bertz CT molecular complexity index is 1380. The average molecular weight is 521 g/mol. The molecule has 10 nitrogen and oxygen atoms in total. The van der Waals surface area contributed by atoms with Crippen molar-refractivity contribution in [1.29, 1.82) is 0 Å². The van der Waals surface area contributed by atoms with Gasteiger partial charge < -0.3 is 15.2 Å². The third-order valence-electron chi connectivity index (χ3n) is 4.84. The van der Waals surface area contributed by atoms with Gasteiger partial charge in [0.05, 0.1) is 10.6 Å². The maximum absolute atomic E-state index is 13.1. The first kappa shape index (κ1) is 26.2. The molecule has 1 aromatic heterocycles. The van der Waals surface area contributed by atoms with Crippen LogP contribution >= 0.6 is 11.6 Å². The molecule has 3 rings (SSSR count). The number of hydrogen-bond acceptors (Lipinski definition) is 6. The van der Waals surface area contributed by atoms with E-state index in [1.165, 1.54) is 29.8 Å². The predicted octanol–water partition coefficient (Wildman–Crippen LogP) is 4.29. The standard InChI is InChI=1S/C23H25ClN4O6S/c1-5-28-22(14(4)20(26-28)23(30)31)34-18-11-10-15(12-19(18)35(32,33)27-13(2)3)25-21(29)16-8-6-7-9-17(16)24/h6-13,27H,5H2,1-4H3,(H,25,29)(H,30,31). The third-order valence-corrected chi connectivity index (χ3v) is 6.85. The fourth-order valence-electron chi connectivity index (χ4n) is 3.28. The molecule has 3 aromatic rings. The van der Waals surface area contributed by atoms with Crippen molar-refractivity contribution in [3.05, 3.63) is 64.3 Å². The molecule has 0 atom stereocenters. The van der Waals surface area contributed by atoms with Crippen LogP contribution in [0, 0.1) is 6.92 Å². The highest BCUT2D eigenvalue weighted by atomic mass is 35.5. The Morgan fingerprint density at radius 1 is 1.20 bits per heavy atom. The molecule has 2 aromatic carbocycles. The van der Waals surface area contributed by atoms with Gasteiger partial charge in [0.2, 0.25) is 15.9 Å². The summed E-state index contributed by atoms with van der Waals surface area (Å²) in [7, 11) is -4.08. The van der Waals surface area contributed by atoms with Crippen LogP contribution in [0.25, 0.3) is 0 Å². The largest absolute Gasteiger partial charge is 0.476 e. The highest BCUT2D eigenvalue weighted by Gasteiger charge is 2.26. The molecule has 0 saturated heterocycles. The second-order valence-corrected chi connectivity index (χ2v) is 9.96. The maximum Gasteiger partial charge on any atom is 0.356 e. The number of carboxylic acid groups (broad SMARTS) is 1. The van der Waals surface area contributed by atoms with Gasteiger partial charge >= 0.3 is 5.97 Å². The lowest BCUT2D eigenvalue weighted by molar-refractivity contribution is 0.0688. The van der Waals surface area contributed by atoms with Crippen LogP contribution in [0.4, 0.5) is 5.69 Å². The summed E-state index contributed by atoms with van der Waals surface area (Å²) in [6, 6.07) is 10.1. The van der Waals surface area contributed by atoms with E-state index >= 15 is 0 Å². The van der Waals surface area contributed by atoms with Gasteiger partial charge in [-0.15, -0.1) is 0 Å². The molecule has 35 heavy (non-hydrogen) atoms. The molecule has 3 N–H and O–H groups in total. The molecule has 0 radical (unpaired) electrons. The van der Waals surface area contributed by atoms with Gasteiger partial charge in [-0.1, -0.05) is 23.7 Å². The first-order valence-corrected chi connectivity index (χ1v) is 12.5. The van der Waals surface area contributed by atoms with E-state index in [0.717, 1.165) is 0 Å². The minimum atomic E-state index is -4.08. The molecule has 0 unspecified atom stereocenters. The molecule has 0 bridgehead atoms. The number of halogens is 1. The molecular weight excluding hydrogens is 496 g/mol. The van der Waals surface area contributed by atoms with Crippen LogP contribution in [0.5, 0.6) is 11.6 Å². The quantitative estimate of drug-likeness (QED) is 0.382. The SMILES string of the molecule is CCn1nc(C(=O)O)c(C)c1Oc1ccc(NC(=O)c2ccccc2Cl)cc1S(=O)(=O)NC(C)C. The monoisotopic (exact) mass is 520 g/mol. The molecule has 0 aliphatic rings. The number of amides is 1. The van der Waals surface area contributed by atoms with Crippen molar-refractivity contribution < 1.29 is 27.9 Å². The van der Waals surface area contributed by atoms with Gasteiger partial charge in [-0.05, 0) is 58.0 Å². The summed E-state index contributed by atoms with van der Waals surface area (Å²) in [5.41, 5.74) is 0.465. The number of aromatic nitrogens is 2. The minimum absolute atomic E-state index is 0.0662. The lowest BCUT2D eigenvalue weighted by Crippen LogP contribution is -2.30. The van der Waals surface area contributed by atoms with E-state index in [1.807, 2.05) is 0 Å². The second kappa shape index (κ2) is 10.5. The van der Waals surface area contributed by atoms with Gasteiger partial charge in [0.15, 0.2) is 5.69 Å². The van der Waals surface area contributed by atoms with E-state index in [0.29, 0.717) is 6.54 Å². The van der Waals surface area contributed by atoms with Crippen LogP contribution in [-0.4, -0.2) is 41.2 Å². The smallest absolute Gasteiger partial charge is 0.356 e. The van der Waals surface area contributed by atoms with E-state index in [1.54, 1.807) is 45.0 Å². The Hall–Kier alpha value is -3.41. The number of sulfonamides is 1. The maximum atomic E-state index is 13.1. The van der Waals surface area contributed by atoms with Crippen molar-refractivity contribution in [2.75, 3.05) is 5.32 Å². The van der Waals surface area contributed by atoms with Crippen molar-refractivity contribution in [3.8, 4) is 11.6 Å². The Morgan fingerprint density at radius 2 is 1.89 bits per heavy atom. The van der Waals surface area contributed by atoms with Crippen LogP contribution < -0.4 is 14.8 Å². The molecule has 0 aliphatic carbocycles. The average Bonchev–Trinajstić information content (AvgIpc) is 3.09. The van der Waals surface area contributed by atoms with Crippen molar-refractivity contribution in [2.24, 2.45) is 0 Å². The molecule has 0 aliphatic heterocycles. The van der Waals surface area contributed by atoms with Crippen LogP contribution in [0.15, 0.2) is 47.4 Å². The first-order valence-electron chi connectivity index (χ1n) is 10.6. The number of hydrogen-bond donors (Lipinski definition) is 3. The summed E-state index contributed by atoms with van der Waals surface area (Å²) in [5.74, 6) is -1.72. The van der Waals surface area contributed by atoms with Crippen LogP contribution in [0.2, 0.25) is 5.02 Å². The van der Waals surface area contributed by atoms with E-state index < -0.39 is 27.9 Å². The van der Waals surface area contributed by atoms with Gasteiger partial charge in [-0.2, -0.15) is 5.10 Å². The van der Waals surface area contributed by atoms with E-state index in [9.17, 15) is 23.1 Å². The molecule has 1 amide bonds. The second-order valence-electron chi connectivity index (χ2n) is 7.87. The Kier molecular flexibility index (Phi) is 7.83. The number of carbonyl (C=O) groups is 2. The molecule has 186 valence electrons. The number of nitrogens with zero attached hydrogens (tertiary/aromatic N) is 2. The summed E-state index contributed by atoms with van der Waals surface area (Å²) in [6.07, 6.45) is 0. The number of anilines is 1. The van der Waals surface area contributed by atoms with E-state index in [2.05, 4.69) is 15.1 Å². The topological polar surface area (TPSA) is 140 Å². The highest BCUT2D eigenvalue weighted by molar-refractivity contribution is 7.89. The Morgan fingerprint density at radius 3 is 2.49 bits per heavy atom. The van der Waals surface area contributed by atoms with Crippen LogP contribution in [0.1, 0.15) is 47.2 Å². The number of aryl methyl sites for hydroxylation is 1. The number of nitrogens with one attached hydrogen (secondary N) is 2. The summed E-state index contributed by atoms with van der Waals surface area (Å²) >= 11 is 6.09. The summed E-state index contributed by atoms with van der Waals surface area (Å²) in [6.45, 7) is 6.89. The zero-order valence-electron chi connectivity index (χ0n) is 19.5. The van der Waals surface area contributed by atoms with Crippen molar-refractivity contribution in [1.82, 2.24) is 14.5 Å². The van der Waals surface area contributed by atoms with Gasteiger partial charge in [-0.3, -0.25) is 4.79 Å². The Balaban J connectivity index is 2.07. The van der Waals surface area contributed by atoms with Crippen LogP contribution in [0.3, 0.4) is 0 Å². The molecule has 0 fully saturated rings. The lowest BCUT2D eigenvalue weighted by Gasteiger charge is -2.16. The molecule has 0 saturated carbocycles. The van der Waals surface area contributed by atoms with Crippen molar-refractivity contribution in [3.63, 3.8) is 0 Å². The summed E-state index contributed by atoms with van der Waals surface area (Å²) < 4.78 is 36.0. The number of carbonyl (C=O) groups excluding carboxylic acids is 1. The first-order chi connectivity index (χ1) is 16.4. The zero-order chi connectivity index (χ0) is 25.9. The summed E-state index contributed by atoms with van der Waals surface area (Å²) in [4.78, 5) is 23.9. The number of ether oxygens (including phenoxy) is 1. The highest BCUT2D eigenvalue weighted by Crippen LogP contribution is 2.34. The lowest BCUT2D eigenvalue weighted by atomic mass is 10.2. The fourth-order valence-corrected chi connectivity index (χ4v) is 4.91. The van der Waals surface area contributed by atoms with Gasteiger partial charge in [0, 0.05) is 23.8 Å². The van der Waals surface area contributed by atoms with E-state index in [-0.39, 0.29) is 44.1 Å². The van der Waals surface area contributed by atoms with Gasteiger partial charge in [-0.25, -0.2) is 22.6 Å².